The lowest BCUT2D eigenvalue weighted by atomic mass is 10.3. The smallest absolute Gasteiger partial charge is 0.325 e. The van der Waals surface area contributed by atoms with E-state index in [0.717, 1.165) is 4.90 Å². The zero-order chi connectivity index (χ0) is 17.4. The monoisotopic (exact) mass is 335 g/mol. The van der Waals surface area contributed by atoms with Crippen LogP contribution in [0.3, 0.4) is 0 Å². The van der Waals surface area contributed by atoms with E-state index in [1.165, 1.54) is 0 Å². The molecular formula is C15H17N3O6. The topological polar surface area (TPSA) is 114 Å². The van der Waals surface area contributed by atoms with Crippen molar-refractivity contribution >= 4 is 23.8 Å². The van der Waals surface area contributed by atoms with E-state index >= 15 is 0 Å². The summed E-state index contributed by atoms with van der Waals surface area (Å²) >= 11 is 0. The third-order valence-corrected chi connectivity index (χ3v) is 3.06. The molecule has 2 N–H and O–H groups in total. The van der Waals surface area contributed by atoms with Gasteiger partial charge in [0.05, 0.1) is 0 Å². The van der Waals surface area contributed by atoms with Crippen molar-refractivity contribution < 1.29 is 28.7 Å². The van der Waals surface area contributed by atoms with Gasteiger partial charge in [0.2, 0.25) is 0 Å². The molecule has 4 amide bonds. The number of imide groups is 1. The fourth-order valence-electron chi connectivity index (χ4n) is 1.87. The summed E-state index contributed by atoms with van der Waals surface area (Å²) in [4.78, 5) is 46.9. The summed E-state index contributed by atoms with van der Waals surface area (Å²) in [6, 6.07) is 8.23. The maximum Gasteiger partial charge on any atom is 0.325 e. The minimum atomic E-state index is -0.781. The quantitative estimate of drug-likeness (QED) is 0.636. The second kappa shape index (κ2) is 8.51. The zero-order valence-electron chi connectivity index (χ0n) is 12.8. The van der Waals surface area contributed by atoms with Crippen molar-refractivity contribution in [3.05, 3.63) is 30.3 Å². The van der Waals surface area contributed by atoms with Crippen molar-refractivity contribution in [3.63, 3.8) is 0 Å². The van der Waals surface area contributed by atoms with Crippen LogP contribution in [0, 0.1) is 0 Å². The van der Waals surface area contributed by atoms with Crippen LogP contribution in [0.25, 0.3) is 0 Å². The third-order valence-electron chi connectivity index (χ3n) is 3.06. The summed E-state index contributed by atoms with van der Waals surface area (Å²) in [6.45, 7) is -0.581. The predicted molar refractivity (Wildman–Crippen MR) is 81.0 cm³/mol. The molecule has 128 valence electrons. The molecule has 24 heavy (non-hydrogen) atoms. The van der Waals surface area contributed by atoms with E-state index in [9.17, 15) is 19.2 Å². The molecule has 1 saturated heterocycles. The van der Waals surface area contributed by atoms with Crippen LogP contribution in [0.1, 0.15) is 0 Å². The van der Waals surface area contributed by atoms with Crippen LogP contribution < -0.4 is 15.4 Å². The fourth-order valence-corrected chi connectivity index (χ4v) is 1.87. The van der Waals surface area contributed by atoms with Gasteiger partial charge in [-0.3, -0.25) is 19.3 Å². The zero-order valence-corrected chi connectivity index (χ0v) is 12.8. The van der Waals surface area contributed by atoms with Gasteiger partial charge in [-0.05, 0) is 12.1 Å². The Balaban J connectivity index is 1.61. The fraction of sp³-hybridized carbons (Fsp3) is 0.333. The minimum absolute atomic E-state index is 0.239. The van der Waals surface area contributed by atoms with Gasteiger partial charge in [0.15, 0.2) is 13.2 Å². The van der Waals surface area contributed by atoms with Gasteiger partial charge in [0, 0.05) is 13.1 Å². The van der Waals surface area contributed by atoms with Crippen LogP contribution in [0.5, 0.6) is 5.75 Å². The molecule has 9 heteroatoms. The highest BCUT2D eigenvalue weighted by molar-refractivity contribution is 5.97. The number of para-hydroxylation sites is 1. The number of urea groups is 1. The van der Waals surface area contributed by atoms with Crippen LogP contribution >= 0.6 is 0 Å². The van der Waals surface area contributed by atoms with Crippen molar-refractivity contribution in [2.24, 2.45) is 0 Å². The molecule has 0 radical (unpaired) electrons. The van der Waals surface area contributed by atoms with E-state index in [4.69, 9.17) is 9.47 Å². The van der Waals surface area contributed by atoms with E-state index in [-0.39, 0.29) is 13.2 Å². The van der Waals surface area contributed by atoms with Crippen molar-refractivity contribution in [2.75, 3.05) is 32.8 Å². The van der Waals surface area contributed by atoms with Crippen LogP contribution in [0.4, 0.5) is 4.79 Å². The van der Waals surface area contributed by atoms with Crippen molar-refractivity contribution in [3.8, 4) is 5.75 Å². The van der Waals surface area contributed by atoms with Crippen molar-refractivity contribution in [1.82, 2.24) is 15.5 Å². The first-order valence-electron chi connectivity index (χ1n) is 7.24. The number of ether oxygens (including phenoxy) is 2. The molecule has 0 aromatic heterocycles. The number of benzene rings is 1. The molecule has 0 bridgehead atoms. The third kappa shape index (κ3) is 5.27. The average molecular weight is 335 g/mol. The predicted octanol–water partition coefficient (Wildman–Crippen LogP) is -0.723. The van der Waals surface area contributed by atoms with Crippen molar-refractivity contribution in [1.29, 1.82) is 0 Å². The summed E-state index contributed by atoms with van der Waals surface area (Å²) < 4.78 is 9.92. The average Bonchev–Trinajstić information content (AvgIpc) is 3.03. The summed E-state index contributed by atoms with van der Waals surface area (Å²) in [7, 11) is 0. The van der Waals surface area contributed by atoms with Gasteiger partial charge in [0.1, 0.15) is 12.3 Å². The summed E-state index contributed by atoms with van der Waals surface area (Å²) in [6.07, 6.45) is 0. The molecule has 2 rings (SSSR count). The first-order valence-corrected chi connectivity index (χ1v) is 7.24. The molecule has 1 aliphatic rings. The SMILES string of the molecule is O=C(COc1ccccc1)NCC(=O)OCC(=O)N1CCNC1=O. The standard InChI is InChI=1S/C15H17N3O6/c19-12(9-23-11-4-2-1-3-5-11)17-8-14(21)24-10-13(20)18-7-6-16-15(18)22/h1-5H,6-10H2,(H,16,22)(H,17,19). The number of amides is 4. The molecule has 1 aromatic carbocycles. The molecular weight excluding hydrogens is 318 g/mol. The maximum absolute atomic E-state index is 11.6. The van der Waals surface area contributed by atoms with Gasteiger partial charge in [-0.2, -0.15) is 0 Å². The number of carbonyl (C=O) groups excluding carboxylic acids is 4. The van der Waals surface area contributed by atoms with Crippen LogP contribution in [-0.2, 0) is 19.1 Å². The van der Waals surface area contributed by atoms with Gasteiger partial charge in [-0.15, -0.1) is 0 Å². The summed E-state index contributed by atoms with van der Waals surface area (Å²) in [5.74, 6) is -1.36. The molecule has 9 nitrogen and oxygen atoms in total. The second-order valence-corrected chi connectivity index (χ2v) is 4.82. The van der Waals surface area contributed by atoms with E-state index in [2.05, 4.69) is 10.6 Å². The molecule has 0 saturated carbocycles. The molecule has 0 atom stereocenters. The van der Waals surface area contributed by atoms with Crippen LogP contribution in [0.2, 0.25) is 0 Å². The number of hydrogen-bond donors (Lipinski definition) is 2. The summed E-state index contributed by atoms with van der Waals surface area (Å²) in [5.41, 5.74) is 0. The highest BCUT2D eigenvalue weighted by Crippen LogP contribution is 2.07. The highest BCUT2D eigenvalue weighted by atomic mass is 16.5. The Kier molecular flexibility index (Phi) is 6.12. The first-order chi connectivity index (χ1) is 11.6. The molecule has 0 unspecified atom stereocenters. The Hall–Kier alpha value is -3.10. The van der Waals surface area contributed by atoms with Gasteiger partial charge in [-0.1, -0.05) is 18.2 Å². The van der Waals surface area contributed by atoms with E-state index in [1.807, 2.05) is 6.07 Å². The number of carbonyl (C=O) groups is 4. The van der Waals surface area contributed by atoms with Crippen LogP contribution in [-0.4, -0.2) is 61.6 Å². The number of nitrogens with one attached hydrogen (secondary N) is 2. The Morgan fingerprint density at radius 3 is 2.58 bits per heavy atom. The van der Waals surface area contributed by atoms with Gasteiger partial charge in [-0.25, -0.2) is 4.79 Å². The number of hydrogen-bond acceptors (Lipinski definition) is 6. The molecule has 1 fully saturated rings. The van der Waals surface area contributed by atoms with Crippen LogP contribution in [0.15, 0.2) is 30.3 Å². The lowest BCUT2D eigenvalue weighted by molar-refractivity contribution is -0.150. The highest BCUT2D eigenvalue weighted by Gasteiger charge is 2.26. The molecule has 1 aliphatic heterocycles. The normalized spacial score (nSPS) is 13.2. The largest absolute Gasteiger partial charge is 0.484 e. The molecule has 0 spiro atoms. The number of esters is 1. The summed E-state index contributed by atoms with van der Waals surface area (Å²) in [5, 5.41) is 4.77. The minimum Gasteiger partial charge on any atom is -0.484 e. The Labute approximate surface area is 137 Å². The Morgan fingerprint density at radius 1 is 1.17 bits per heavy atom. The Bertz CT molecular complexity index is 619. The van der Waals surface area contributed by atoms with Crippen molar-refractivity contribution in [2.45, 2.75) is 0 Å². The van der Waals surface area contributed by atoms with E-state index in [0.29, 0.717) is 12.3 Å². The van der Waals surface area contributed by atoms with E-state index in [1.54, 1.807) is 24.3 Å². The van der Waals surface area contributed by atoms with Gasteiger partial charge in [0.25, 0.3) is 11.8 Å². The van der Waals surface area contributed by atoms with E-state index < -0.39 is 37.0 Å². The van der Waals surface area contributed by atoms with Gasteiger partial charge >= 0.3 is 12.0 Å². The first kappa shape index (κ1) is 17.3. The van der Waals surface area contributed by atoms with Gasteiger partial charge < -0.3 is 20.1 Å². The second-order valence-electron chi connectivity index (χ2n) is 4.82. The Morgan fingerprint density at radius 2 is 1.92 bits per heavy atom. The maximum atomic E-state index is 11.6. The number of nitrogens with zero attached hydrogens (tertiary/aromatic N) is 1. The molecule has 0 aliphatic carbocycles. The number of rotatable bonds is 7. The lowest BCUT2D eigenvalue weighted by Crippen LogP contribution is -2.39. The molecule has 1 heterocycles. The molecule has 1 aromatic rings. The lowest BCUT2D eigenvalue weighted by Gasteiger charge is -2.12.